The van der Waals surface area contributed by atoms with Gasteiger partial charge in [-0.1, -0.05) is 90.1 Å². The van der Waals surface area contributed by atoms with E-state index in [9.17, 15) is 0 Å². The second kappa shape index (κ2) is 7.05. The summed E-state index contributed by atoms with van der Waals surface area (Å²) in [6, 6.07) is 17.4. The Kier molecular flexibility index (Phi) is 5.13. The Balaban J connectivity index is 1.83. The van der Waals surface area contributed by atoms with Gasteiger partial charge in [-0.25, -0.2) is 0 Å². The molecule has 0 bridgehead atoms. The van der Waals surface area contributed by atoms with Crippen LogP contribution in [0.15, 0.2) is 54.6 Å². The zero-order valence-corrected chi connectivity index (χ0v) is 17.8. The molecule has 2 nitrogen and oxygen atoms in total. The first-order chi connectivity index (χ1) is 12.1. The van der Waals surface area contributed by atoms with Crippen molar-refractivity contribution in [3.05, 3.63) is 76.9 Å². The van der Waals surface area contributed by atoms with Crippen LogP contribution in [-0.4, -0.2) is 10.0 Å². The van der Waals surface area contributed by atoms with Crippen LogP contribution in [0.1, 0.15) is 69.9 Å². The highest BCUT2D eigenvalue weighted by molar-refractivity contribution is 6.21. The van der Waals surface area contributed by atoms with Crippen molar-refractivity contribution < 1.29 is 8.85 Å². The maximum absolute atomic E-state index is 5.90. The molecular formula is C23H29O2Si-. The molecule has 0 amide bonds. The fourth-order valence-corrected chi connectivity index (χ4v) is 3.73. The molecule has 2 aromatic carbocycles. The van der Waals surface area contributed by atoms with Crippen molar-refractivity contribution in [1.29, 1.82) is 0 Å². The molecular weight excluding hydrogens is 336 g/mol. The van der Waals surface area contributed by atoms with E-state index < -0.39 is 10.0 Å². The summed E-state index contributed by atoms with van der Waals surface area (Å²) in [6.07, 6.45) is 2.05. The summed E-state index contributed by atoms with van der Waals surface area (Å²) in [4.78, 5) is 0. The summed E-state index contributed by atoms with van der Waals surface area (Å²) in [5, 5.41) is 0. The van der Waals surface area contributed by atoms with Crippen LogP contribution in [-0.2, 0) is 19.7 Å². The van der Waals surface area contributed by atoms with E-state index in [1.165, 1.54) is 16.7 Å². The third-order valence-corrected chi connectivity index (χ3v) is 5.58. The van der Waals surface area contributed by atoms with Crippen LogP contribution in [0.3, 0.4) is 0 Å². The van der Waals surface area contributed by atoms with Crippen LogP contribution in [0, 0.1) is 0 Å². The van der Waals surface area contributed by atoms with E-state index in [1.807, 2.05) is 0 Å². The first kappa shape index (κ1) is 18.9. The summed E-state index contributed by atoms with van der Waals surface area (Å²) < 4.78 is 11.7. The predicted octanol–water partition coefficient (Wildman–Crippen LogP) is 5.68. The van der Waals surface area contributed by atoms with Crippen molar-refractivity contribution in [2.24, 2.45) is 0 Å². The van der Waals surface area contributed by atoms with Gasteiger partial charge in [0.1, 0.15) is 0 Å². The van der Waals surface area contributed by atoms with E-state index in [4.69, 9.17) is 8.85 Å². The smallest absolute Gasteiger partial charge is 0.0889 e. The van der Waals surface area contributed by atoms with Crippen LogP contribution in [0.5, 0.6) is 0 Å². The number of hydrogen-bond acceptors (Lipinski definition) is 2. The molecule has 1 unspecified atom stereocenters. The Labute approximate surface area is 160 Å². The second-order valence-corrected chi connectivity index (χ2v) is 9.70. The van der Waals surface area contributed by atoms with Gasteiger partial charge in [0.25, 0.3) is 0 Å². The third-order valence-electron chi connectivity index (χ3n) is 4.82. The zero-order valence-electron chi connectivity index (χ0n) is 16.7. The highest BCUT2D eigenvalue weighted by Gasteiger charge is 2.17. The maximum Gasteiger partial charge on any atom is 0.0889 e. The molecule has 1 heterocycles. The standard InChI is InChI=1S/C23H29O2Si/c1-22(2,3)18-11-7-16(8-12-18)20-15-21(25-26-24-20)17-9-13-19(14-10-17)23(4,5)6/h7-15,20,26H,1-6H3/q-1. The fourth-order valence-electron chi connectivity index (χ4n) is 3.00. The van der Waals surface area contributed by atoms with Crippen LogP contribution >= 0.6 is 0 Å². The largest absolute Gasteiger partial charge is 0.688 e. The summed E-state index contributed by atoms with van der Waals surface area (Å²) >= 11 is 0. The van der Waals surface area contributed by atoms with E-state index in [1.54, 1.807) is 0 Å². The van der Waals surface area contributed by atoms with Crippen molar-refractivity contribution >= 4 is 15.8 Å². The monoisotopic (exact) mass is 365 g/mol. The van der Waals surface area contributed by atoms with Crippen LogP contribution < -0.4 is 0 Å². The lowest BCUT2D eigenvalue weighted by atomic mass is 9.86. The Hall–Kier alpha value is -1.84. The van der Waals surface area contributed by atoms with E-state index in [0.29, 0.717) is 0 Å². The van der Waals surface area contributed by atoms with Crippen LogP contribution in [0.4, 0.5) is 0 Å². The van der Waals surface area contributed by atoms with Crippen LogP contribution in [0.2, 0.25) is 0 Å². The Morgan fingerprint density at radius 1 is 0.731 bits per heavy atom. The van der Waals surface area contributed by atoms with E-state index in [2.05, 4.69) is 96.1 Å². The Morgan fingerprint density at radius 3 is 1.73 bits per heavy atom. The summed E-state index contributed by atoms with van der Waals surface area (Å²) in [5.41, 5.74) is 5.28. The third kappa shape index (κ3) is 4.28. The average molecular weight is 366 g/mol. The summed E-state index contributed by atoms with van der Waals surface area (Å²) in [5.74, 6) is 0.927. The van der Waals surface area contributed by atoms with Gasteiger partial charge in [0.15, 0.2) is 0 Å². The first-order valence-corrected chi connectivity index (χ1v) is 10.2. The van der Waals surface area contributed by atoms with E-state index in [-0.39, 0.29) is 16.9 Å². The van der Waals surface area contributed by atoms with Gasteiger partial charge < -0.3 is 8.85 Å². The normalized spacial score (nSPS) is 18.2. The van der Waals surface area contributed by atoms with Gasteiger partial charge in [0, 0.05) is 5.56 Å². The highest BCUT2D eigenvalue weighted by atomic mass is 28.3. The number of benzene rings is 2. The Morgan fingerprint density at radius 2 is 1.23 bits per heavy atom. The minimum Gasteiger partial charge on any atom is -0.688 e. The van der Waals surface area contributed by atoms with Crippen molar-refractivity contribution in [2.75, 3.05) is 0 Å². The van der Waals surface area contributed by atoms with E-state index >= 15 is 0 Å². The van der Waals surface area contributed by atoms with Gasteiger partial charge >= 0.3 is 0 Å². The highest BCUT2D eigenvalue weighted by Crippen LogP contribution is 2.31. The van der Waals surface area contributed by atoms with Gasteiger partial charge in [-0.2, -0.15) is 0 Å². The predicted molar refractivity (Wildman–Crippen MR) is 110 cm³/mol. The molecule has 0 saturated carbocycles. The lowest BCUT2D eigenvalue weighted by Gasteiger charge is -2.33. The molecule has 3 rings (SSSR count). The van der Waals surface area contributed by atoms with Gasteiger partial charge in [-0.15, -0.1) is 0 Å². The van der Waals surface area contributed by atoms with Crippen molar-refractivity contribution in [3.63, 3.8) is 0 Å². The van der Waals surface area contributed by atoms with Gasteiger partial charge in [0.05, 0.1) is 21.9 Å². The molecule has 0 fully saturated rings. The molecule has 1 atom stereocenters. The van der Waals surface area contributed by atoms with Crippen molar-refractivity contribution in [1.82, 2.24) is 0 Å². The summed E-state index contributed by atoms with van der Waals surface area (Å²) in [6.45, 7) is 13.4. The average Bonchev–Trinajstić information content (AvgIpc) is 2.61. The molecule has 3 heteroatoms. The van der Waals surface area contributed by atoms with Crippen molar-refractivity contribution in [2.45, 2.75) is 58.5 Å². The first-order valence-electron chi connectivity index (χ1n) is 9.21. The maximum atomic E-state index is 5.90. The quantitative estimate of drug-likeness (QED) is 0.638. The van der Waals surface area contributed by atoms with Crippen molar-refractivity contribution in [3.8, 4) is 0 Å². The van der Waals surface area contributed by atoms with Crippen LogP contribution in [0.25, 0.3) is 5.76 Å². The second-order valence-electron chi connectivity index (χ2n) is 9.00. The minimum atomic E-state index is -0.499. The lowest BCUT2D eigenvalue weighted by molar-refractivity contribution is 0.209. The molecule has 0 N–H and O–H groups in total. The molecule has 138 valence electrons. The molecule has 1 aliphatic rings. The Bertz CT molecular complexity index is 775. The minimum absolute atomic E-state index is 0.0370. The molecule has 0 spiro atoms. The zero-order chi connectivity index (χ0) is 18.9. The fraction of sp³-hybridized carbons (Fsp3) is 0.391. The molecule has 26 heavy (non-hydrogen) atoms. The molecule has 0 radical (unpaired) electrons. The topological polar surface area (TPSA) is 18.5 Å². The molecule has 1 aliphatic heterocycles. The molecule has 0 aliphatic carbocycles. The van der Waals surface area contributed by atoms with E-state index in [0.717, 1.165) is 11.3 Å². The SMILES string of the molecule is CC(C)(C)c1ccc(C2=CC(c3ccc(C(C)(C)C)cc3)O[SiH-]O2)cc1. The van der Waals surface area contributed by atoms with Gasteiger partial charge in [-0.05, 0) is 33.6 Å². The number of rotatable bonds is 2. The summed E-state index contributed by atoms with van der Waals surface area (Å²) in [7, 11) is -0.499. The molecule has 0 saturated heterocycles. The van der Waals surface area contributed by atoms with Gasteiger partial charge in [0.2, 0.25) is 0 Å². The van der Waals surface area contributed by atoms with Gasteiger partial charge in [-0.3, -0.25) is 0 Å². The molecule has 0 aromatic heterocycles. The molecule has 2 aromatic rings. The lowest BCUT2D eigenvalue weighted by Crippen LogP contribution is -2.16. The number of hydrogen-bond donors (Lipinski definition) is 0.